The number of benzene rings is 6. The molecule has 0 aliphatic carbocycles. The van der Waals surface area contributed by atoms with E-state index in [4.69, 9.17) is 13.8 Å². The number of fused-ring (bicyclic) bond motifs is 11. The van der Waals surface area contributed by atoms with Crippen LogP contribution in [0.3, 0.4) is 0 Å². The van der Waals surface area contributed by atoms with Gasteiger partial charge in [-0.2, -0.15) is 0 Å². The van der Waals surface area contributed by atoms with Crippen LogP contribution in [0.15, 0.2) is 142 Å². The Morgan fingerprint density at radius 3 is 1.98 bits per heavy atom. The molecule has 0 unspecified atom stereocenters. The molecule has 10 rings (SSSR count). The van der Waals surface area contributed by atoms with Crippen molar-refractivity contribution >= 4 is 76.7 Å². The van der Waals surface area contributed by atoms with Gasteiger partial charge in [0.15, 0.2) is 5.58 Å². The summed E-state index contributed by atoms with van der Waals surface area (Å²) in [7, 11) is 0. The third-order valence-corrected chi connectivity index (χ3v) is 8.82. The van der Waals surface area contributed by atoms with Crippen molar-refractivity contribution < 1.29 is 8.83 Å². The van der Waals surface area contributed by atoms with Gasteiger partial charge in [0.1, 0.15) is 11.2 Å². The first-order valence-corrected chi connectivity index (χ1v) is 14.5. The highest BCUT2D eigenvalue weighted by Gasteiger charge is 2.20. The molecule has 0 saturated heterocycles. The van der Waals surface area contributed by atoms with Gasteiger partial charge in [-0.1, -0.05) is 91.0 Å². The van der Waals surface area contributed by atoms with Crippen LogP contribution >= 0.6 is 0 Å². The summed E-state index contributed by atoms with van der Waals surface area (Å²) >= 11 is 0. The number of para-hydroxylation sites is 4. The molecule has 0 saturated carbocycles. The van der Waals surface area contributed by atoms with Crippen LogP contribution in [-0.2, 0) is 0 Å². The first kappa shape index (κ1) is 22.8. The summed E-state index contributed by atoms with van der Waals surface area (Å²) in [4.78, 5) is 4.89. The molecule has 0 radical (unpaired) electrons. The van der Waals surface area contributed by atoms with Gasteiger partial charge in [-0.3, -0.25) is 0 Å². The molecule has 0 atom stereocenters. The molecule has 43 heavy (non-hydrogen) atoms. The van der Waals surface area contributed by atoms with E-state index in [1.54, 1.807) is 0 Å². The Balaban J connectivity index is 1.27. The van der Waals surface area contributed by atoms with Gasteiger partial charge in [-0.25, -0.2) is 4.98 Å². The number of furan rings is 2. The summed E-state index contributed by atoms with van der Waals surface area (Å²) in [6.07, 6.45) is 0. The standard InChI is InChI=1S/C39H22N2O2/c1-5-13-31-29(11-1)35(36-30-12-4-8-16-34(30)43-39(36)40-31)23-17-19-24(20-18-23)41-32-14-6-2-9-25(32)27-21-22-28-26-10-3-7-15-33(26)42-38(28)37(27)41/h1-22H. The molecule has 4 aromatic heterocycles. The molecule has 4 heterocycles. The van der Waals surface area contributed by atoms with Crippen LogP contribution in [-0.4, -0.2) is 9.55 Å². The topological polar surface area (TPSA) is 44.1 Å². The third kappa shape index (κ3) is 3.07. The van der Waals surface area contributed by atoms with Crippen LogP contribution < -0.4 is 0 Å². The van der Waals surface area contributed by atoms with E-state index in [-0.39, 0.29) is 0 Å². The SMILES string of the molecule is c1ccc2c(-c3ccc(-n4c5ccccc5c5ccc6c7ccccc7oc6c54)cc3)c3c(nc2c1)oc1ccccc13. The van der Waals surface area contributed by atoms with E-state index in [0.717, 1.165) is 77.0 Å². The molecule has 0 bridgehead atoms. The van der Waals surface area contributed by atoms with Gasteiger partial charge in [0, 0.05) is 43.6 Å². The Morgan fingerprint density at radius 1 is 0.488 bits per heavy atom. The van der Waals surface area contributed by atoms with Gasteiger partial charge in [0.05, 0.1) is 21.9 Å². The third-order valence-electron chi connectivity index (χ3n) is 8.82. The number of nitrogens with zero attached hydrogens (tertiary/aromatic N) is 2. The smallest absolute Gasteiger partial charge is 0.228 e. The molecule has 4 nitrogen and oxygen atoms in total. The zero-order valence-electron chi connectivity index (χ0n) is 22.9. The predicted octanol–water partition coefficient (Wildman–Crippen LogP) is 10.8. The molecule has 6 aromatic carbocycles. The first-order chi connectivity index (χ1) is 21.3. The lowest BCUT2D eigenvalue weighted by Crippen LogP contribution is -1.94. The van der Waals surface area contributed by atoms with Crippen LogP contribution in [0.2, 0.25) is 0 Å². The summed E-state index contributed by atoms with van der Waals surface area (Å²) in [5, 5.41) is 7.87. The van der Waals surface area contributed by atoms with E-state index in [0.29, 0.717) is 5.71 Å². The largest absolute Gasteiger partial charge is 0.454 e. The molecule has 0 fully saturated rings. The number of rotatable bonds is 2. The van der Waals surface area contributed by atoms with Crippen molar-refractivity contribution in [1.82, 2.24) is 9.55 Å². The summed E-state index contributed by atoms with van der Waals surface area (Å²) < 4.78 is 15.1. The van der Waals surface area contributed by atoms with Crippen LogP contribution in [0, 0.1) is 0 Å². The number of pyridine rings is 1. The quantitative estimate of drug-likeness (QED) is 0.215. The lowest BCUT2D eigenvalue weighted by atomic mass is 9.96. The highest BCUT2D eigenvalue weighted by Crippen LogP contribution is 2.42. The van der Waals surface area contributed by atoms with Crippen molar-refractivity contribution in [2.24, 2.45) is 0 Å². The van der Waals surface area contributed by atoms with Gasteiger partial charge in [-0.05, 0) is 48.0 Å². The Kier molecular flexibility index (Phi) is 4.42. The van der Waals surface area contributed by atoms with E-state index in [9.17, 15) is 0 Å². The van der Waals surface area contributed by atoms with Crippen LogP contribution in [0.1, 0.15) is 0 Å². The Bertz CT molecular complexity index is 2720. The summed E-state index contributed by atoms with van der Waals surface area (Å²) in [5.41, 5.74) is 9.80. The molecule has 0 aliphatic rings. The number of aromatic nitrogens is 2. The fraction of sp³-hybridized carbons (Fsp3) is 0. The van der Waals surface area contributed by atoms with Gasteiger partial charge < -0.3 is 13.4 Å². The molecular weight excluding hydrogens is 528 g/mol. The normalized spacial score (nSPS) is 12.2. The van der Waals surface area contributed by atoms with Crippen molar-refractivity contribution in [3.05, 3.63) is 133 Å². The molecular formula is C39H22N2O2. The average molecular weight is 551 g/mol. The Labute approximate surface area is 245 Å². The molecule has 10 aromatic rings. The minimum Gasteiger partial charge on any atom is -0.454 e. The second-order valence-electron chi connectivity index (χ2n) is 11.1. The van der Waals surface area contributed by atoms with E-state index in [1.807, 2.05) is 30.3 Å². The highest BCUT2D eigenvalue weighted by molar-refractivity contribution is 6.22. The number of hydrogen-bond donors (Lipinski definition) is 0. The summed E-state index contributed by atoms with van der Waals surface area (Å²) in [6, 6.07) is 46.6. The molecule has 0 N–H and O–H groups in total. The minimum absolute atomic E-state index is 0.661. The van der Waals surface area contributed by atoms with Crippen molar-refractivity contribution in [2.45, 2.75) is 0 Å². The molecule has 0 amide bonds. The van der Waals surface area contributed by atoms with Gasteiger partial charge in [-0.15, -0.1) is 0 Å². The van der Waals surface area contributed by atoms with Gasteiger partial charge in [0.2, 0.25) is 5.71 Å². The fourth-order valence-electron chi connectivity index (χ4n) is 6.96. The number of hydrogen-bond acceptors (Lipinski definition) is 3. The zero-order valence-corrected chi connectivity index (χ0v) is 22.9. The monoisotopic (exact) mass is 550 g/mol. The summed E-state index contributed by atoms with van der Waals surface area (Å²) in [5.74, 6) is 0. The van der Waals surface area contributed by atoms with E-state index in [1.165, 1.54) is 10.8 Å². The highest BCUT2D eigenvalue weighted by atomic mass is 16.3. The predicted molar refractivity (Wildman–Crippen MR) is 176 cm³/mol. The average Bonchev–Trinajstić information content (AvgIpc) is 3.73. The lowest BCUT2D eigenvalue weighted by molar-refractivity contribution is 0.656. The minimum atomic E-state index is 0.661. The molecule has 4 heteroatoms. The maximum absolute atomic E-state index is 6.54. The van der Waals surface area contributed by atoms with E-state index < -0.39 is 0 Å². The maximum atomic E-state index is 6.54. The maximum Gasteiger partial charge on any atom is 0.228 e. The first-order valence-electron chi connectivity index (χ1n) is 14.5. The Hall–Kier alpha value is -5.87. The van der Waals surface area contributed by atoms with Crippen LogP contribution in [0.5, 0.6) is 0 Å². The molecule has 200 valence electrons. The van der Waals surface area contributed by atoms with Gasteiger partial charge >= 0.3 is 0 Å². The second kappa shape index (κ2) is 8.34. The summed E-state index contributed by atoms with van der Waals surface area (Å²) in [6.45, 7) is 0. The van der Waals surface area contributed by atoms with Crippen molar-refractivity contribution in [3.8, 4) is 16.8 Å². The Morgan fingerprint density at radius 2 is 1.14 bits per heavy atom. The molecule has 0 spiro atoms. The van der Waals surface area contributed by atoms with Crippen LogP contribution in [0.4, 0.5) is 0 Å². The zero-order chi connectivity index (χ0) is 28.1. The van der Waals surface area contributed by atoms with E-state index in [2.05, 4.69) is 108 Å². The van der Waals surface area contributed by atoms with E-state index >= 15 is 0 Å². The van der Waals surface area contributed by atoms with Crippen molar-refractivity contribution in [2.75, 3.05) is 0 Å². The fourth-order valence-corrected chi connectivity index (χ4v) is 6.96. The van der Waals surface area contributed by atoms with Crippen molar-refractivity contribution in [1.29, 1.82) is 0 Å². The lowest BCUT2D eigenvalue weighted by Gasteiger charge is -2.12. The molecule has 0 aliphatic heterocycles. The van der Waals surface area contributed by atoms with Gasteiger partial charge in [0.25, 0.3) is 0 Å². The van der Waals surface area contributed by atoms with Crippen LogP contribution in [0.25, 0.3) is 93.5 Å². The van der Waals surface area contributed by atoms with Crippen molar-refractivity contribution in [3.63, 3.8) is 0 Å². The second-order valence-corrected chi connectivity index (χ2v) is 11.1.